The van der Waals surface area contributed by atoms with E-state index in [4.69, 9.17) is 4.42 Å². The van der Waals surface area contributed by atoms with E-state index in [0.717, 1.165) is 17.1 Å². The van der Waals surface area contributed by atoms with Gasteiger partial charge < -0.3 is 20.4 Å². The van der Waals surface area contributed by atoms with Gasteiger partial charge in [-0.25, -0.2) is 4.68 Å². The molecule has 2 aromatic heterocycles. The van der Waals surface area contributed by atoms with Gasteiger partial charge in [-0.3, -0.25) is 9.59 Å². The van der Waals surface area contributed by atoms with Gasteiger partial charge in [-0.15, -0.1) is 0 Å². The van der Waals surface area contributed by atoms with Crippen LogP contribution in [0.1, 0.15) is 27.5 Å². The van der Waals surface area contributed by atoms with Crippen LogP contribution in [0, 0.1) is 13.8 Å². The maximum absolute atomic E-state index is 12.7. The highest BCUT2D eigenvalue weighted by atomic mass is 16.3. The first-order valence-electron chi connectivity index (χ1n) is 10.6. The second-order valence-electron chi connectivity index (χ2n) is 7.50. The van der Waals surface area contributed by atoms with E-state index in [1.165, 1.54) is 0 Å². The highest BCUT2D eigenvalue weighted by Gasteiger charge is 2.16. The molecule has 2 heterocycles. The van der Waals surface area contributed by atoms with Gasteiger partial charge >= 0.3 is 0 Å². The quantitative estimate of drug-likeness (QED) is 0.381. The first-order valence-corrected chi connectivity index (χ1v) is 10.6. The van der Waals surface area contributed by atoms with Crippen LogP contribution in [0.2, 0.25) is 0 Å². The number of aromatic nitrogens is 2. The molecule has 4 rings (SSSR count). The number of para-hydroxylation sites is 2. The summed E-state index contributed by atoms with van der Waals surface area (Å²) in [4.78, 5) is 25.3. The van der Waals surface area contributed by atoms with Crippen molar-refractivity contribution in [3.8, 4) is 5.69 Å². The van der Waals surface area contributed by atoms with E-state index in [1.807, 2.05) is 50.2 Å². The average Bonchev–Trinajstić information content (AvgIpc) is 3.46. The molecule has 0 saturated carbocycles. The molecule has 33 heavy (non-hydrogen) atoms. The summed E-state index contributed by atoms with van der Waals surface area (Å²) >= 11 is 0. The fraction of sp³-hybridized carbons (Fsp3) is 0.160. The minimum Gasteiger partial charge on any atom is -0.467 e. The third kappa shape index (κ3) is 5.12. The number of carbonyl (C=O) groups excluding carboxylic acids is 2. The zero-order valence-electron chi connectivity index (χ0n) is 18.5. The summed E-state index contributed by atoms with van der Waals surface area (Å²) in [6.07, 6.45) is 1.56. The molecule has 8 heteroatoms. The molecule has 0 aliphatic carbocycles. The standard InChI is InChI=1S/C25H25N5O3/c1-17-24(18(2)30(29-17)19-9-4-3-5-10-19)28-23(31)16-26-22-13-7-6-12-21(22)25(32)27-15-20-11-8-14-33-20/h3-14,26H,15-16H2,1-2H3,(H,27,32)(H,28,31). The molecule has 0 aliphatic rings. The van der Waals surface area contributed by atoms with Crippen molar-refractivity contribution in [2.24, 2.45) is 0 Å². The number of hydrogen-bond donors (Lipinski definition) is 3. The van der Waals surface area contributed by atoms with Crippen molar-refractivity contribution < 1.29 is 14.0 Å². The Morgan fingerprint density at radius 3 is 2.48 bits per heavy atom. The van der Waals surface area contributed by atoms with Gasteiger partial charge in [0.15, 0.2) is 0 Å². The molecule has 0 unspecified atom stereocenters. The van der Waals surface area contributed by atoms with Gasteiger partial charge in [0, 0.05) is 5.69 Å². The number of benzene rings is 2. The maximum atomic E-state index is 12.7. The van der Waals surface area contributed by atoms with E-state index in [-0.39, 0.29) is 24.9 Å². The number of rotatable bonds is 8. The predicted molar refractivity (Wildman–Crippen MR) is 126 cm³/mol. The van der Waals surface area contributed by atoms with Crippen LogP contribution in [0.15, 0.2) is 77.4 Å². The number of hydrogen-bond acceptors (Lipinski definition) is 5. The number of carbonyl (C=O) groups is 2. The molecule has 168 valence electrons. The average molecular weight is 444 g/mol. The van der Waals surface area contributed by atoms with Crippen molar-refractivity contribution >= 4 is 23.2 Å². The Bertz CT molecular complexity index is 1250. The first kappa shape index (κ1) is 21.9. The first-order chi connectivity index (χ1) is 16.0. The molecule has 0 atom stereocenters. The minimum atomic E-state index is -0.259. The van der Waals surface area contributed by atoms with Crippen molar-refractivity contribution in [3.05, 3.63) is 95.7 Å². The topological polar surface area (TPSA) is 101 Å². The molecule has 0 saturated heterocycles. The number of anilines is 2. The largest absolute Gasteiger partial charge is 0.467 e. The highest BCUT2D eigenvalue weighted by molar-refractivity contribution is 6.01. The minimum absolute atomic E-state index is 0.00211. The Labute approximate surface area is 191 Å². The van der Waals surface area contributed by atoms with Gasteiger partial charge in [0.1, 0.15) is 5.76 Å². The monoisotopic (exact) mass is 443 g/mol. The van der Waals surface area contributed by atoms with Crippen molar-refractivity contribution in [1.82, 2.24) is 15.1 Å². The van der Waals surface area contributed by atoms with E-state index < -0.39 is 0 Å². The summed E-state index contributed by atoms with van der Waals surface area (Å²) in [5, 5.41) is 13.4. The smallest absolute Gasteiger partial charge is 0.253 e. The van der Waals surface area contributed by atoms with Gasteiger partial charge in [0.25, 0.3) is 5.91 Å². The lowest BCUT2D eigenvalue weighted by Gasteiger charge is -2.12. The van der Waals surface area contributed by atoms with Crippen molar-refractivity contribution in [2.45, 2.75) is 20.4 Å². The van der Waals surface area contributed by atoms with E-state index in [0.29, 0.717) is 22.7 Å². The van der Waals surface area contributed by atoms with Crippen LogP contribution < -0.4 is 16.0 Å². The van der Waals surface area contributed by atoms with Crippen LogP contribution in [0.3, 0.4) is 0 Å². The molecule has 2 aromatic carbocycles. The number of furan rings is 1. The highest BCUT2D eigenvalue weighted by Crippen LogP contribution is 2.23. The fourth-order valence-electron chi connectivity index (χ4n) is 3.51. The van der Waals surface area contributed by atoms with Gasteiger partial charge in [-0.2, -0.15) is 5.10 Å². The maximum Gasteiger partial charge on any atom is 0.253 e. The van der Waals surface area contributed by atoms with Crippen molar-refractivity contribution in [2.75, 3.05) is 17.2 Å². The summed E-state index contributed by atoms with van der Waals surface area (Å²) in [6, 6.07) is 20.3. The summed E-state index contributed by atoms with van der Waals surface area (Å²) < 4.78 is 7.05. The van der Waals surface area contributed by atoms with Crippen molar-refractivity contribution in [3.63, 3.8) is 0 Å². The Morgan fingerprint density at radius 1 is 0.970 bits per heavy atom. The van der Waals surface area contributed by atoms with E-state index in [1.54, 1.807) is 41.3 Å². The van der Waals surface area contributed by atoms with E-state index >= 15 is 0 Å². The Balaban J connectivity index is 1.40. The molecular formula is C25H25N5O3. The lowest BCUT2D eigenvalue weighted by molar-refractivity contribution is -0.114. The zero-order valence-corrected chi connectivity index (χ0v) is 18.5. The number of aryl methyl sites for hydroxylation is 1. The number of amides is 2. The molecule has 2 amide bonds. The Morgan fingerprint density at radius 2 is 1.73 bits per heavy atom. The summed E-state index contributed by atoms with van der Waals surface area (Å²) in [5.74, 6) is 0.167. The van der Waals surface area contributed by atoms with Gasteiger partial charge in [0.05, 0.1) is 47.7 Å². The zero-order chi connectivity index (χ0) is 23.2. The van der Waals surface area contributed by atoms with E-state index in [2.05, 4.69) is 21.0 Å². The van der Waals surface area contributed by atoms with Gasteiger partial charge in [-0.1, -0.05) is 30.3 Å². The molecule has 0 bridgehead atoms. The molecule has 8 nitrogen and oxygen atoms in total. The second kappa shape index (κ2) is 9.86. The normalized spacial score (nSPS) is 10.6. The van der Waals surface area contributed by atoms with Crippen molar-refractivity contribution in [1.29, 1.82) is 0 Å². The summed E-state index contributed by atoms with van der Waals surface area (Å²) in [5.41, 5.74) is 4.17. The summed E-state index contributed by atoms with van der Waals surface area (Å²) in [7, 11) is 0. The van der Waals surface area contributed by atoms with Crippen LogP contribution >= 0.6 is 0 Å². The summed E-state index contributed by atoms with van der Waals surface area (Å²) in [6.45, 7) is 4.05. The second-order valence-corrected chi connectivity index (χ2v) is 7.50. The van der Waals surface area contributed by atoms with Crippen LogP contribution in [-0.2, 0) is 11.3 Å². The molecule has 0 radical (unpaired) electrons. The molecule has 3 N–H and O–H groups in total. The molecule has 0 fully saturated rings. The lowest BCUT2D eigenvalue weighted by atomic mass is 10.1. The molecule has 0 aliphatic heterocycles. The SMILES string of the molecule is Cc1nn(-c2ccccc2)c(C)c1NC(=O)CNc1ccccc1C(=O)NCc1ccco1. The van der Waals surface area contributed by atoms with Gasteiger partial charge in [0.2, 0.25) is 5.91 Å². The molecular weight excluding hydrogens is 418 g/mol. The van der Waals surface area contributed by atoms with E-state index in [9.17, 15) is 9.59 Å². The lowest BCUT2D eigenvalue weighted by Crippen LogP contribution is -2.26. The predicted octanol–water partition coefficient (Wildman–Crippen LogP) is 4.06. The van der Waals surface area contributed by atoms with Crippen LogP contribution in [0.4, 0.5) is 11.4 Å². The Kier molecular flexibility index (Phi) is 6.54. The Hall–Kier alpha value is -4.33. The third-order valence-electron chi connectivity index (χ3n) is 5.17. The number of nitrogens with zero attached hydrogens (tertiary/aromatic N) is 2. The van der Waals surface area contributed by atoms with Crippen LogP contribution in [0.25, 0.3) is 5.69 Å². The van der Waals surface area contributed by atoms with Crippen LogP contribution in [-0.4, -0.2) is 28.1 Å². The van der Waals surface area contributed by atoms with Crippen LogP contribution in [0.5, 0.6) is 0 Å². The molecule has 0 spiro atoms. The third-order valence-corrected chi connectivity index (χ3v) is 5.17. The number of nitrogens with one attached hydrogen (secondary N) is 3. The fourth-order valence-corrected chi connectivity index (χ4v) is 3.51. The molecule has 4 aromatic rings. The van der Waals surface area contributed by atoms with Gasteiger partial charge in [-0.05, 0) is 50.2 Å².